The van der Waals surface area contributed by atoms with E-state index in [4.69, 9.17) is 4.74 Å². The van der Waals surface area contributed by atoms with Crippen LogP contribution in [0.5, 0.6) is 5.75 Å². The number of thiazole rings is 1. The Morgan fingerprint density at radius 1 is 1.09 bits per heavy atom. The molecule has 32 heavy (non-hydrogen) atoms. The number of carbonyl (C=O) groups excluding carboxylic acids is 1. The van der Waals surface area contributed by atoms with Crippen molar-refractivity contribution in [3.05, 3.63) is 59.0 Å². The van der Waals surface area contributed by atoms with Gasteiger partial charge in [-0.25, -0.2) is 13.4 Å². The fourth-order valence-corrected chi connectivity index (χ4v) is 6.14. The largest absolute Gasteiger partial charge is 0.497 e. The number of rotatable bonds is 6. The maximum atomic E-state index is 13.1. The van der Waals surface area contributed by atoms with E-state index in [9.17, 15) is 13.2 Å². The molecule has 1 amide bonds. The molecule has 9 heteroatoms. The lowest BCUT2D eigenvalue weighted by atomic mass is 10.1. The number of nitrogens with zero attached hydrogens (tertiary/aromatic N) is 2. The van der Waals surface area contributed by atoms with Gasteiger partial charge in [-0.15, -0.1) is 11.3 Å². The molecule has 0 unspecified atom stereocenters. The van der Waals surface area contributed by atoms with Gasteiger partial charge >= 0.3 is 0 Å². The van der Waals surface area contributed by atoms with Gasteiger partial charge in [-0.05, 0) is 61.7 Å². The van der Waals surface area contributed by atoms with Crippen LogP contribution in [0.25, 0.3) is 11.3 Å². The van der Waals surface area contributed by atoms with Crippen molar-refractivity contribution in [1.29, 1.82) is 0 Å². The van der Waals surface area contributed by atoms with Gasteiger partial charge < -0.3 is 4.74 Å². The van der Waals surface area contributed by atoms with Crippen LogP contribution in [0.1, 0.15) is 35.2 Å². The van der Waals surface area contributed by atoms with Gasteiger partial charge in [0, 0.05) is 29.6 Å². The van der Waals surface area contributed by atoms with Crippen molar-refractivity contribution < 1.29 is 17.9 Å². The second kappa shape index (κ2) is 9.40. The summed E-state index contributed by atoms with van der Waals surface area (Å²) in [6, 6.07) is 12.3. The molecule has 3 aromatic rings. The van der Waals surface area contributed by atoms with Crippen molar-refractivity contribution in [2.45, 2.75) is 31.1 Å². The topological polar surface area (TPSA) is 88.6 Å². The van der Waals surface area contributed by atoms with Gasteiger partial charge in [-0.2, -0.15) is 4.31 Å². The molecule has 0 radical (unpaired) electrons. The normalized spacial score (nSPS) is 14.8. The molecule has 168 valence electrons. The van der Waals surface area contributed by atoms with Crippen molar-refractivity contribution in [3.8, 4) is 17.0 Å². The number of amides is 1. The molecule has 0 bridgehead atoms. The maximum Gasteiger partial charge on any atom is 0.257 e. The Hall–Kier alpha value is -2.75. The quantitative estimate of drug-likeness (QED) is 0.570. The summed E-state index contributed by atoms with van der Waals surface area (Å²) in [6.45, 7) is 2.79. The Morgan fingerprint density at radius 3 is 2.50 bits per heavy atom. The first-order valence-electron chi connectivity index (χ1n) is 10.4. The van der Waals surface area contributed by atoms with Gasteiger partial charge in [-0.1, -0.05) is 12.5 Å². The molecule has 1 aliphatic rings. The molecule has 1 saturated heterocycles. The van der Waals surface area contributed by atoms with Crippen molar-refractivity contribution in [2.24, 2.45) is 0 Å². The molecule has 2 heterocycles. The summed E-state index contributed by atoms with van der Waals surface area (Å²) in [6.07, 6.45) is 2.76. The van der Waals surface area contributed by atoms with Gasteiger partial charge in [0.1, 0.15) is 5.75 Å². The lowest BCUT2D eigenvalue weighted by molar-refractivity contribution is 0.102. The highest BCUT2D eigenvalue weighted by Gasteiger charge is 2.28. The number of hydrogen-bond acceptors (Lipinski definition) is 6. The van der Waals surface area contributed by atoms with Crippen LogP contribution >= 0.6 is 11.3 Å². The van der Waals surface area contributed by atoms with E-state index in [0.717, 1.165) is 36.3 Å². The smallest absolute Gasteiger partial charge is 0.257 e. The lowest BCUT2D eigenvalue weighted by Crippen LogP contribution is -2.36. The van der Waals surface area contributed by atoms with E-state index in [0.29, 0.717) is 23.8 Å². The number of piperidine rings is 1. The maximum absolute atomic E-state index is 13.1. The predicted octanol–water partition coefficient (Wildman–Crippen LogP) is 4.55. The molecule has 4 rings (SSSR count). The number of ether oxygens (including phenoxy) is 1. The monoisotopic (exact) mass is 471 g/mol. The summed E-state index contributed by atoms with van der Waals surface area (Å²) in [4.78, 5) is 17.5. The van der Waals surface area contributed by atoms with E-state index in [-0.39, 0.29) is 10.5 Å². The third-order valence-electron chi connectivity index (χ3n) is 5.49. The Kier molecular flexibility index (Phi) is 6.59. The zero-order valence-electron chi connectivity index (χ0n) is 18.0. The van der Waals surface area contributed by atoms with E-state index < -0.39 is 15.9 Å². The number of benzene rings is 2. The number of anilines is 1. The summed E-state index contributed by atoms with van der Waals surface area (Å²) in [5, 5.41) is 5.09. The van der Waals surface area contributed by atoms with E-state index >= 15 is 0 Å². The number of aromatic nitrogens is 1. The molecule has 0 aliphatic carbocycles. The van der Waals surface area contributed by atoms with E-state index in [1.807, 2.05) is 29.6 Å². The number of sulfonamides is 1. The molecule has 0 atom stereocenters. The molecule has 1 fully saturated rings. The Bertz CT molecular complexity index is 1210. The molecular formula is C23H25N3O4S2. The standard InChI is InChI=1S/C23H25N3O4S2/c1-16-6-7-18(14-21(16)32(28,29)26-12-4-3-5-13-26)22(27)25-23-24-20(15-31-23)17-8-10-19(30-2)11-9-17/h6-11,14-15H,3-5,12-13H2,1-2H3,(H,24,25,27). The number of methoxy groups -OCH3 is 1. The van der Waals surface area contributed by atoms with Crippen molar-refractivity contribution >= 4 is 32.4 Å². The summed E-state index contributed by atoms with van der Waals surface area (Å²) in [7, 11) is -2.02. The third-order valence-corrected chi connectivity index (χ3v) is 8.29. The minimum Gasteiger partial charge on any atom is -0.497 e. The van der Waals surface area contributed by atoms with Crippen LogP contribution in [-0.2, 0) is 10.0 Å². The summed E-state index contributed by atoms with van der Waals surface area (Å²) < 4.78 is 32.9. The number of hydrogen-bond donors (Lipinski definition) is 1. The number of aryl methyl sites for hydroxylation is 1. The van der Waals surface area contributed by atoms with Crippen molar-refractivity contribution in [1.82, 2.24) is 9.29 Å². The molecule has 1 aliphatic heterocycles. The van der Waals surface area contributed by atoms with Crippen LogP contribution in [0.2, 0.25) is 0 Å². The van der Waals surface area contributed by atoms with Crippen molar-refractivity contribution in [3.63, 3.8) is 0 Å². The van der Waals surface area contributed by atoms with Crippen LogP contribution in [-0.4, -0.2) is 43.8 Å². The average Bonchev–Trinajstić information content (AvgIpc) is 3.28. The van der Waals surface area contributed by atoms with Crippen LogP contribution in [0.15, 0.2) is 52.7 Å². The highest BCUT2D eigenvalue weighted by Crippen LogP contribution is 2.28. The predicted molar refractivity (Wildman–Crippen MR) is 126 cm³/mol. The molecule has 2 aromatic carbocycles. The molecule has 0 spiro atoms. The molecular weight excluding hydrogens is 446 g/mol. The second-order valence-electron chi connectivity index (χ2n) is 7.67. The van der Waals surface area contributed by atoms with E-state index in [1.165, 1.54) is 21.7 Å². The van der Waals surface area contributed by atoms with Gasteiger partial charge in [0.2, 0.25) is 10.0 Å². The van der Waals surface area contributed by atoms with Gasteiger partial charge in [0.05, 0.1) is 17.7 Å². The molecule has 0 saturated carbocycles. The van der Waals surface area contributed by atoms with Gasteiger partial charge in [0.15, 0.2) is 5.13 Å². The highest BCUT2D eigenvalue weighted by molar-refractivity contribution is 7.89. The Morgan fingerprint density at radius 2 is 1.81 bits per heavy atom. The zero-order chi connectivity index (χ0) is 22.7. The lowest BCUT2D eigenvalue weighted by Gasteiger charge is -2.26. The van der Waals surface area contributed by atoms with Gasteiger partial charge in [0.25, 0.3) is 5.91 Å². The average molecular weight is 472 g/mol. The minimum absolute atomic E-state index is 0.185. The Labute approximate surface area is 192 Å². The fourth-order valence-electron chi connectivity index (χ4n) is 3.66. The first kappa shape index (κ1) is 22.4. The van der Waals surface area contributed by atoms with Crippen LogP contribution < -0.4 is 10.1 Å². The summed E-state index contributed by atoms with van der Waals surface area (Å²) in [5.74, 6) is 0.364. The number of carbonyl (C=O) groups is 1. The van der Waals surface area contributed by atoms with E-state index in [1.54, 1.807) is 26.2 Å². The summed E-state index contributed by atoms with van der Waals surface area (Å²) >= 11 is 1.31. The molecule has 1 aromatic heterocycles. The third kappa shape index (κ3) is 4.69. The number of nitrogens with one attached hydrogen (secondary N) is 1. The second-order valence-corrected chi connectivity index (χ2v) is 10.4. The first-order chi connectivity index (χ1) is 15.4. The Balaban J connectivity index is 1.53. The van der Waals surface area contributed by atoms with Crippen LogP contribution in [0, 0.1) is 6.92 Å². The zero-order valence-corrected chi connectivity index (χ0v) is 19.6. The van der Waals surface area contributed by atoms with Crippen LogP contribution in [0.3, 0.4) is 0 Å². The minimum atomic E-state index is -3.63. The molecule has 1 N–H and O–H groups in total. The van der Waals surface area contributed by atoms with Crippen molar-refractivity contribution in [2.75, 3.05) is 25.5 Å². The molecule has 7 nitrogen and oxygen atoms in total. The van der Waals surface area contributed by atoms with Crippen LogP contribution in [0.4, 0.5) is 5.13 Å². The van der Waals surface area contributed by atoms with E-state index in [2.05, 4.69) is 10.3 Å². The highest BCUT2D eigenvalue weighted by atomic mass is 32.2. The summed E-state index contributed by atoms with van der Waals surface area (Å²) in [5.41, 5.74) is 2.56. The first-order valence-corrected chi connectivity index (χ1v) is 12.7. The fraction of sp³-hybridized carbons (Fsp3) is 0.304. The van der Waals surface area contributed by atoms with Gasteiger partial charge in [-0.3, -0.25) is 10.1 Å². The SMILES string of the molecule is COc1ccc(-c2csc(NC(=O)c3ccc(C)c(S(=O)(=O)N4CCCCC4)c3)n2)cc1.